The largest absolute Gasteiger partial charge is 0.394 e. The normalized spacial score (nSPS) is 48.6. The van der Waals surface area contributed by atoms with Gasteiger partial charge in [-0.15, -0.1) is 0 Å². The molecule has 14 heavy (non-hydrogen) atoms. The monoisotopic (exact) mass is 198 g/mol. The first-order valence-corrected chi connectivity index (χ1v) is 5.92. The van der Waals surface area contributed by atoms with E-state index in [1.54, 1.807) is 0 Å². The first-order chi connectivity index (χ1) is 6.63. The molecule has 2 aliphatic rings. The van der Waals surface area contributed by atoms with Crippen molar-refractivity contribution in [2.45, 2.75) is 57.7 Å². The Labute approximate surface area is 86.6 Å². The Hall–Kier alpha value is -0.0800. The zero-order chi connectivity index (χ0) is 10.2. The van der Waals surface area contributed by atoms with Crippen molar-refractivity contribution in [3.8, 4) is 0 Å². The Morgan fingerprint density at radius 2 is 1.93 bits per heavy atom. The maximum absolute atomic E-state index is 9.09. The summed E-state index contributed by atoms with van der Waals surface area (Å²) >= 11 is 0. The highest BCUT2D eigenvalue weighted by atomic mass is 16.5. The molecule has 2 rings (SSSR count). The minimum absolute atomic E-state index is 0.118. The van der Waals surface area contributed by atoms with Crippen LogP contribution in [0, 0.1) is 11.8 Å². The third-order valence-corrected chi connectivity index (χ3v) is 3.79. The van der Waals surface area contributed by atoms with Crippen LogP contribution in [0.5, 0.6) is 0 Å². The van der Waals surface area contributed by atoms with E-state index in [0.29, 0.717) is 0 Å². The molecule has 0 aromatic rings. The smallest absolute Gasteiger partial charge is 0.0814 e. The van der Waals surface area contributed by atoms with E-state index in [-0.39, 0.29) is 18.3 Å². The average Bonchev–Trinajstić information content (AvgIpc) is 2.46. The topological polar surface area (TPSA) is 29.5 Å². The van der Waals surface area contributed by atoms with E-state index in [1.165, 1.54) is 19.3 Å². The van der Waals surface area contributed by atoms with Crippen molar-refractivity contribution in [2.75, 3.05) is 6.61 Å². The van der Waals surface area contributed by atoms with Gasteiger partial charge in [0.05, 0.1) is 18.3 Å². The minimum Gasteiger partial charge on any atom is -0.394 e. The number of hydrogen-bond acceptors (Lipinski definition) is 2. The van der Waals surface area contributed by atoms with E-state index in [1.807, 2.05) is 0 Å². The average molecular weight is 198 g/mol. The summed E-state index contributed by atoms with van der Waals surface area (Å²) in [5.74, 6) is 1.58. The van der Waals surface area contributed by atoms with Crippen molar-refractivity contribution in [1.29, 1.82) is 0 Å². The van der Waals surface area contributed by atoms with E-state index >= 15 is 0 Å². The van der Waals surface area contributed by atoms with Crippen molar-refractivity contribution < 1.29 is 9.84 Å². The SMILES string of the molecule is C[C@@H]1C[C@H](C)CC2(CC[C@@H](CO)O2)C1. The quantitative estimate of drug-likeness (QED) is 0.701. The first-order valence-electron chi connectivity index (χ1n) is 5.92. The molecule has 1 N–H and O–H groups in total. The Balaban J connectivity index is 2.01. The van der Waals surface area contributed by atoms with Crippen LogP contribution < -0.4 is 0 Å². The molecular weight excluding hydrogens is 176 g/mol. The molecule has 1 spiro atoms. The van der Waals surface area contributed by atoms with Crippen LogP contribution in [0.15, 0.2) is 0 Å². The van der Waals surface area contributed by atoms with Crippen molar-refractivity contribution in [1.82, 2.24) is 0 Å². The van der Waals surface area contributed by atoms with Crippen LogP contribution in [0.1, 0.15) is 46.0 Å². The van der Waals surface area contributed by atoms with Crippen molar-refractivity contribution in [3.05, 3.63) is 0 Å². The summed E-state index contributed by atoms with van der Waals surface area (Å²) in [5, 5.41) is 9.09. The van der Waals surface area contributed by atoms with Gasteiger partial charge in [0.25, 0.3) is 0 Å². The molecule has 0 bridgehead atoms. The van der Waals surface area contributed by atoms with E-state index in [9.17, 15) is 0 Å². The zero-order valence-electron chi connectivity index (χ0n) is 9.33. The number of ether oxygens (including phenoxy) is 1. The molecule has 0 aromatic carbocycles. The predicted octanol–water partition coefficient (Wildman–Crippen LogP) is 2.35. The summed E-state index contributed by atoms with van der Waals surface area (Å²) in [4.78, 5) is 0. The van der Waals surface area contributed by atoms with Crippen molar-refractivity contribution in [3.63, 3.8) is 0 Å². The molecule has 2 heteroatoms. The van der Waals surface area contributed by atoms with Crippen LogP contribution in [-0.2, 0) is 4.74 Å². The molecule has 1 unspecified atom stereocenters. The first kappa shape index (κ1) is 10.4. The van der Waals surface area contributed by atoms with Crippen LogP contribution >= 0.6 is 0 Å². The fourth-order valence-corrected chi connectivity index (χ4v) is 3.53. The number of aliphatic hydroxyl groups excluding tert-OH is 1. The van der Waals surface area contributed by atoms with Gasteiger partial charge in [-0.3, -0.25) is 0 Å². The van der Waals surface area contributed by atoms with Gasteiger partial charge in [-0.2, -0.15) is 0 Å². The number of rotatable bonds is 1. The van der Waals surface area contributed by atoms with Gasteiger partial charge in [-0.05, 0) is 43.9 Å². The lowest BCUT2D eigenvalue weighted by atomic mass is 9.72. The highest BCUT2D eigenvalue weighted by Crippen LogP contribution is 2.45. The van der Waals surface area contributed by atoms with Crippen LogP contribution in [0.3, 0.4) is 0 Å². The van der Waals surface area contributed by atoms with Gasteiger partial charge in [0.15, 0.2) is 0 Å². The lowest BCUT2D eigenvalue weighted by Crippen LogP contribution is -2.38. The molecule has 2 fully saturated rings. The van der Waals surface area contributed by atoms with Crippen LogP contribution in [0.4, 0.5) is 0 Å². The van der Waals surface area contributed by atoms with Crippen LogP contribution in [0.2, 0.25) is 0 Å². The molecule has 1 aliphatic carbocycles. The molecule has 0 amide bonds. The molecule has 82 valence electrons. The van der Waals surface area contributed by atoms with Gasteiger partial charge in [-0.25, -0.2) is 0 Å². The molecule has 4 atom stereocenters. The third-order valence-electron chi connectivity index (χ3n) is 3.79. The maximum atomic E-state index is 9.09. The standard InChI is InChI=1S/C12H22O2/c1-9-5-10(2)7-12(6-9)4-3-11(8-13)14-12/h9-11,13H,3-8H2,1-2H3/t9-,10+,11-,12?/m0/s1. The second-order valence-corrected chi connectivity index (χ2v) is 5.50. The highest BCUT2D eigenvalue weighted by Gasteiger charge is 2.44. The second-order valence-electron chi connectivity index (χ2n) is 5.50. The second kappa shape index (κ2) is 3.82. The molecule has 0 aromatic heterocycles. The van der Waals surface area contributed by atoms with Crippen LogP contribution in [0.25, 0.3) is 0 Å². The molecule has 1 heterocycles. The van der Waals surface area contributed by atoms with Gasteiger partial charge >= 0.3 is 0 Å². The van der Waals surface area contributed by atoms with Gasteiger partial charge in [0.1, 0.15) is 0 Å². The number of aliphatic hydroxyl groups is 1. The maximum Gasteiger partial charge on any atom is 0.0814 e. The summed E-state index contributed by atoms with van der Waals surface area (Å²) < 4.78 is 6.03. The van der Waals surface area contributed by atoms with Gasteiger partial charge in [0.2, 0.25) is 0 Å². The van der Waals surface area contributed by atoms with E-state index in [0.717, 1.165) is 24.7 Å². The van der Waals surface area contributed by atoms with Crippen molar-refractivity contribution in [2.24, 2.45) is 11.8 Å². The fourth-order valence-electron chi connectivity index (χ4n) is 3.53. The minimum atomic E-state index is 0.118. The molecule has 1 saturated heterocycles. The summed E-state index contributed by atoms with van der Waals surface area (Å²) in [6.07, 6.45) is 6.08. The lowest BCUT2D eigenvalue weighted by Gasteiger charge is -2.40. The van der Waals surface area contributed by atoms with Crippen LogP contribution in [-0.4, -0.2) is 23.4 Å². The van der Waals surface area contributed by atoms with Crippen molar-refractivity contribution >= 4 is 0 Å². The Kier molecular flexibility index (Phi) is 2.85. The van der Waals surface area contributed by atoms with E-state index in [4.69, 9.17) is 9.84 Å². The molecule has 1 aliphatic heterocycles. The lowest BCUT2D eigenvalue weighted by molar-refractivity contribution is -0.0970. The Morgan fingerprint density at radius 1 is 1.29 bits per heavy atom. The zero-order valence-corrected chi connectivity index (χ0v) is 9.33. The summed E-state index contributed by atoms with van der Waals surface area (Å²) in [6.45, 7) is 4.85. The Morgan fingerprint density at radius 3 is 2.43 bits per heavy atom. The van der Waals surface area contributed by atoms with Gasteiger partial charge in [0, 0.05) is 0 Å². The summed E-state index contributed by atoms with van der Waals surface area (Å²) in [7, 11) is 0. The highest BCUT2D eigenvalue weighted by molar-refractivity contribution is 4.94. The third kappa shape index (κ3) is 1.96. The molecular formula is C12H22O2. The van der Waals surface area contributed by atoms with Gasteiger partial charge in [-0.1, -0.05) is 13.8 Å². The fraction of sp³-hybridized carbons (Fsp3) is 1.00. The summed E-state index contributed by atoms with van der Waals surface area (Å²) in [6, 6.07) is 0. The molecule has 2 nitrogen and oxygen atoms in total. The number of hydrogen-bond donors (Lipinski definition) is 1. The summed E-state index contributed by atoms with van der Waals surface area (Å²) in [5.41, 5.74) is 0.129. The van der Waals surface area contributed by atoms with Gasteiger partial charge < -0.3 is 9.84 Å². The molecule has 0 radical (unpaired) electrons. The predicted molar refractivity (Wildman–Crippen MR) is 56.1 cm³/mol. The molecule has 1 saturated carbocycles. The Bertz CT molecular complexity index is 192. The van der Waals surface area contributed by atoms with E-state index in [2.05, 4.69) is 13.8 Å². The van der Waals surface area contributed by atoms with E-state index < -0.39 is 0 Å².